The molecule has 1 aromatic heterocycles. The van der Waals surface area contributed by atoms with E-state index in [2.05, 4.69) is 26.7 Å². The molecule has 0 amide bonds. The summed E-state index contributed by atoms with van der Waals surface area (Å²) in [6.45, 7) is 5.97. The van der Waals surface area contributed by atoms with Crippen LogP contribution >= 0.6 is 0 Å². The van der Waals surface area contributed by atoms with Gasteiger partial charge in [0.1, 0.15) is 0 Å². The molecule has 5 nitrogen and oxygen atoms in total. The minimum absolute atomic E-state index is 0.208. The summed E-state index contributed by atoms with van der Waals surface area (Å²) in [7, 11) is 0. The van der Waals surface area contributed by atoms with Gasteiger partial charge in [0.2, 0.25) is 0 Å². The van der Waals surface area contributed by atoms with Crippen LogP contribution in [0.2, 0.25) is 0 Å². The second-order valence-electron chi connectivity index (χ2n) is 7.00. The van der Waals surface area contributed by atoms with Gasteiger partial charge in [0.05, 0.1) is 11.7 Å². The number of aromatic nitrogens is 2. The molecule has 5 rings (SSSR count). The first-order valence-electron chi connectivity index (χ1n) is 8.55. The highest BCUT2D eigenvalue weighted by Crippen LogP contribution is 2.29. The minimum Gasteiger partial charge on any atom is -0.326 e. The van der Waals surface area contributed by atoms with Gasteiger partial charge >= 0.3 is 0 Å². The van der Waals surface area contributed by atoms with E-state index < -0.39 is 0 Å². The molecule has 1 saturated carbocycles. The maximum absolute atomic E-state index is 6.51. The van der Waals surface area contributed by atoms with Crippen LogP contribution in [0, 0.1) is 0 Å². The molecule has 3 aliphatic heterocycles. The van der Waals surface area contributed by atoms with Crippen LogP contribution in [-0.4, -0.2) is 64.4 Å². The predicted molar refractivity (Wildman–Crippen MR) is 83.2 cm³/mol. The molecule has 2 N–H and O–H groups in total. The van der Waals surface area contributed by atoms with Crippen molar-refractivity contribution in [1.82, 2.24) is 19.6 Å². The molecule has 0 spiro atoms. The number of fused-ring (bicyclic) bond motifs is 3. The van der Waals surface area contributed by atoms with Gasteiger partial charge in [-0.05, 0) is 18.9 Å². The van der Waals surface area contributed by atoms with E-state index in [1.54, 1.807) is 0 Å². The zero-order valence-corrected chi connectivity index (χ0v) is 12.8. The average Bonchev–Trinajstić information content (AvgIpc) is 3.19. The van der Waals surface area contributed by atoms with Crippen LogP contribution < -0.4 is 5.73 Å². The van der Waals surface area contributed by atoms with Crippen molar-refractivity contribution in [2.24, 2.45) is 5.73 Å². The van der Waals surface area contributed by atoms with Gasteiger partial charge in [0, 0.05) is 57.4 Å². The van der Waals surface area contributed by atoms with Crippen molar-refractivity contribution in [2.45, 2.75) is 50.2 Å². The maximum Gasteiger partial charge on any atom is 0.0640 e. The number of nitrogens with two attached hydrogens (primary N) is 1. The lowest BCUT2D eigenvalue weighted by Crippen LogP contribution is -2.66. The molecule has 0 radical (unpaired) electrons. The molecule has 1 aromatic rings. The molecule has 4 aliphatic rings. The van der Waals surface area contributed by atoms with Gasteiger partial charge in [-0.2, -0.15) is 5.10 Å². The third-order valence-corrected chi connectivity index (χ3v) is 5.62. The Labute approximate surface area is 127 Å². The molecule has 3 saturated heterocycles. The summed E-state index contributed by atoms with van der Waals surface area (Å²) < 4.78 is 2.19. The van der Waals surface area contributed by atoms with E-state index in [9.17, 15) is 0 Å². The van der Waals surface area contributed by atoms with Crippen molar-refractivity contribution in [2.75, 3.05) is 32.7 Å². The molecule has 2 unspecified atom stereocenters. The largest absolute Gasteiger partial charge is 0.326 e. The van der Waals surface area contributed by atoms with Gasteiger partial charge in [0.15, 0.2) is 0 Å². The maximum atomic E-state index is 6.51. The molecule has 1 aliphatic carbocycles. The van der Waals surface area contributed by atoms with E-state index >= 15 is 0 Å². The number of hydrogen-bond acceptors (Lipinski definition) is 4. The van der Waals surface area contributed by atoms with Crippen LogP contribution in [0.1, 0.15) is 37.4 Å². The molecule has 5 heteroatoms. The van der Waals surface area contributed by atoms with Crippen molar-refractivity contribution in [3.63, 3.8) is 0 Å². The Morgan fingerprint density at radius 1 is 1.19 bits per heavy atom. The van der Waals surface area contributed by atoms with E-state index in [4.69, 9.17) is 10.8 Å². The number of nitrogens with zero attached hydrogens (tertiary/aromatic N) is 4. The fourth-order valence-corrected chi connectivity index (χ4v) is 4.30. The fourth-order valence-electron chi connectivity index (χ4n) is 4.30. The minimum atomic E-state index is 0.208. The molecule has 4 heterocycles. The van der Waals surface area contributed by atoms with E-state index in [0.717, 1.165) is 13.0 Å². The highest BCUT2D eigenvalue weighted by atomic mass is 15.4. The zero-order chi connectivity index (χ0) is 14.2. The lowest BCUT2D eigenvalue weighted by Gasteiger charge is -2.49. The molecule has 0 aromatic carbocycles. The topological polar surface area (TPSA) is 50.3 Å². The van der Waals surface area contributed by atoms with E-state index in [-0.39, 0.29) is 6.04 Å². The standard InChI is InChI=1S/C16H27N5/c17-15(16-12-19-7-9-20(16)10-8-19)11-13-5-6-21(18-13)14-3-1-2-4-14/h5-6,14-16H,1-4,7-12,17H2. The Kier molecular flexibility index (Phi) is 3.73. The van der Waals surface area contributed by atoms with Crippen LogP contribution in [0.3, 0.4) is 0 Å². The Bertz CT molecular complexity index is 471. The van der Waals surface area contributed by atoms with Gasteiger partial charge in [-0.3, -0.25) is 14.5 Å². The number of rotatable bonds is 4. The Morgan fingerprint density at radius 3 is 2.62 bits per heavy atom. The van der Waals surface area contributed by atoms with Crippen LogP contribution in [0.5, 0.6) is 0 Å². The number of piperazine rings is 3. The summed E-state index contributed by atoms with van der Waals surface area (Å²) in [4.78, 5) is 5.14. The lowest BCUT2D eigenvalue weighted by atomic mass is 9.97. The van der Waals surface area contributed by atoms with Crippen LogP contribution in [0.15, 0.2) is 12.3 Å². The quantitative estimate of drug-likeness (QED) is 0.893. The first-order valence-corrected chi connectivity index (χ1v) is 8.55. The summed E-state index contributed by atoms with van der Waals surface area (Å²) in [6.07, 6.45) is 8.36. The molecule has 4 fully saturated rings. The second-order valence-corrected chi connectivity index (χ2v) is 7.00. The Hall–Kier alpha value is -0.910. The zero-order valence-electron chi connectivity index (χ0n) is 12.8. The van der Waals surface area contributed by atoms with Crippen molar-refractivity contribution < 1.29 is 0 Å². The van der Waals surface area contributed by atoms with E-state index in [1.165, 1.54) is 57.6 Å². The van der Waals surface area contributed by atoms with Gasteiger partial charge < -0.3 is 5.73 Å². The monoisotopic (exact) mass is 289 g/mol. The molecular weight excluding hydrogens is 262 g/mol. The van der Waals surface area contributed by atoms with Crippen molar-refractivity contribution in [1.29, 1.82) is 0 Å². The van der Waals surface area contributed by atoms with E-state index in [0.29, 0.717) is 12.1 Å². The fraction of sp³-hybridized carbons (Fsp3) is 0.812. The normalized spacial score (nSPS) is 34.4. The Morgan fingerprint density at radius 2 is 1.95 bits per heavy atom. The van der Waals surface area contributed by atoms with Crippen LogP contribution in [0.25, 0.3) is 0 Å². The Balaban J connectivity index is 1.39. The second kappa shape index (κ2) is 5.71. The van der Waals surface area contributed by atoms with Crippen LogP contribution in [-0.2, 0) is 6.42 Å². The van der Waals surface area contributed by atoms with Crippen LogP contribution in [0.4, 0.5) is 0 Å². The van der Waals surface area contributed by atoms with Gasteiger partial charge in [-0.25, -0.2) is 0 Å². The molecule has 2 atom stereocenters. The highest BCUT2D eigenvalue weighted by molar-refractivity contribution is 5.05. The highest BCUT2D eigenvalue weighted by Gasteiger charge is 2.35. The van der Waals surface area contributed by atoms with E-state index in [1.807, 2.05) is 0 Å². The molecule has 21 heavy (non-hydrogen) atoms. The predicted octanol–water partition coefficient (Wildman–Crippen LogP) is 0.868. The van der Waals surface area contributed by atoms with Crippen molar-refractivity contribution >= 4 is 0 Å². The molecule has 116 valence electrons. The summed E-state index contributed by atoms with van der Waals surface area (Å²) in [5.74, 6) is 0. The summed E-state index contributed by atoms with van der Waals surface area (Å²) in [5.41, 5.74) is 7.69. The lowest BCUT2D eigenvalue weighted by molar-refractivity contribution is 0.00245. The third kappa shape index (κ3) is 2.74. The van der Waals surface area contributed by atoms with Gasteiger partial charge in [-0.15, -0.1) is 0 Å². The van der Waals surface area contributed by atoms with Crippen molar-refractivity contribution in [3.8, 4) is 0 Å². The molecular formula is C16H27N5. The molecule has 2 bridgehead atoms. The third-order valence-electron chi connectivity index (χ3n) is 5.62. The smallest absolute Gasteiger partial charge is 0.0640 e. The van der Waals surface area contributed by atoms with Gasteiger partial charge in [-0.1, -0.05) is 12.8 Å². The summed E-state index contributed by atoms with van der Waals surface area (Å²) in [5, 5.41) is 4.79. The van der Waals surface area contributed by atoms with Gasteiger partial charge in [0.25, 0.3) is 0 Å². The summed E-state index contributed by atoms with van der Waals surface area (Å²) in [6, 6.07) is 3.54. The number of hydrogen-bond donors (Lipinski definition) is 1. The first-order chi connectivity index (χ1) is 10.3. The SMILES string of the molecule is NC(Cc1ccn(C2CCCC2)n1)C1CN2CCN1CC2. The first kappa shape index (κ1) is 13.7. The summed E-state index contributed by atoms with van der Waals surface area (Å²) >= 11 is 0. The average molecular weight is 289 g/mol. The van der Waals surface area contributed by atoms with Crippen molar-refractivity contribution in [3.05, 3.63) is 18.0 Å².